The van der Waals surface area contributed by atoms with Crippen LogP contribution in [-0.2, 0) is 10.8 Å². The molecule has 0 bridgehead atoms. The van der Waals surface area contributed by atoms with Gasteiger partial charge in [-0.15, -0.1) is 0 Å². The molecule has 1 saturated carbocycles. The summed E-state index contributed by atoms with van der Waals surface area (Å²) < 4.78 is 13.5. The smallest absolute Gasteiger partial charge is 0.136 e. The maximum absolute atomic E-state index is 6.25. The first-order chi connectivity index (χ1) is 25.5. The van der Waals surface area contributed by atoms with E-state index in [1.807, 2.05) is 36.8 Å². The molecule has 4 nitrogen and oxygen atoms in total. The SMILES string of the molecule is CC(C)(C)c1ccc(N(c2cc(C3CCCCC3)cc(N(c3ccc(C(C)(C)C)cc3)c3coc4ccccc34)c2Br)c2coc3ccccc23)cc1. The molecule has 5 heteroatoms. The molecule has 5 aromatic carbocycles. The van der Waals surface area contributed by atoms with Crippen molar-refractivity contribution in [3.05, 3.63) is 143 Å². The zero-order valence-electron chi connectivity index (χ0n) is 31.7. The minimum atomic E-state index is 0.0384. The highest BCUT2D eigenvalue weighted by Gasteiger charge is 2.29. The van der Waals surface area contributed by atoms with E-state index in [2.05, 4.69) is 152 Å². The Labute approximate surface area is 322 Å². The summed E-state index contributed by atoms with van der Waals surface area (Å²) in [5.74, 6) is 0.465. The van der Waals surface area contributed by atoms with Crippen LogP contribution in [0.5, 0.6) is 0 Å². The molecular formula is C48H49BrN2O2. The Bertz CT molecular complexity index is 2210. The number of hydrogen-bond acceptors (Lipinski definition) is 4. The maximum Gasteiger partial charge on any atom is 0.136 e. The standard InChI is InChI=1S/C48H49BrN2O2/c1-47(2,3)34-20-24-36(25-21-34)50(42-30-52-44-18-12-10-16-38(42)44)40-28-33(32-14-8-7-9-15-32)29-41(46(40)49)51(37-26-22-35(23-27-37)48(4,5)6)43-31-53-45-19-13-11-17-39(43)45/h10-13,16-32H,7-9,14-15H2,1-6H3. The fourth-order valence-corrected chi connectivity index (χ4v) is 8.51. The van der Waals surface area contributed by atoms with Gasteiger partial charge >= 0.3 is 0 Å². The van der Waals surface area contributed by atoms with Crippen LogP contribution in [0.25, 0.3) is 21.9 Å². The normalized spacial score (nSPS) is 14.2. The van der Waals surface area contributed by atoms with E-state index in [0.717, 1.165) is 60.5 Å². The van der Waals surface area contributed by atoms with Crippen molar-refractivity contribution in [2.24, 2.45) is 0 Å². The summed E-state index contributed by atoms with van der Waals surface area (Å²) in [7, 11) is 0. The van der Waals surface area contributed by atoms with E-state index in [4.69, 9.17) is 8.83 Å². The van der Waals surface area contributed by atoms with Gasteiger partial charge in [0.15, 0.2) is 0 Å². The number of nitrogens with zero attached hydrogens (tertiary/aromatic N) is 2. The van der Waals surface area contributed by atoms with E-state index >= 15 is 0 Å². The molecule has 0 aliphatic heterocycles. The first-order valence-corrected chi connectivity index (χ1v) is 19.8. The van der Waals surface area contributed by atoms with Crippen LogP contribution in [0, 0.1) is 0 Å². The summed E-state index contributed by atoms with van der Waals surface area (Å²) in [4.78, 5) is 4.76. The third-order valence-electron chi connectivity index (χ3n) is 11.0. The molecule has 0 unspecified atom stereocenters. The van der Waals surface area contributed by atoms with Crippen LogP contribution in [0.3, 0.4) is 0 Å². The zero-order chi connectivity index (χ0) is 36.9. The average Bonchev–Trinajstić information content (AvgIpc) is 3.78. The molecule has 2 heterocycles. The lowest BCUT2D eigenvalue weighted by Crippen LogP contribution is -2.17. The minimum Gasteiger partial charge on any atom is -0.462 e. The largest absolute Gasteiger partial charge is 0.462 e. The fourth-order valence-electron chi connectivity index (χ4n) is 7.92. The Kier molecular flexibility index (Phi) is 9.27. The van der Waals surface area contributed by atoms with Gasteiger partial charge in [0.25, 0.3) is 0 Å². The number of rotatable bonds is 7. The van der Waals surface area contributed by atoms with E-state index in [-0.39, 0.29) is 10.8 Å². The molecule has 53 heavy (non-hydrogen) atoms. The lowest BCUT2D eigenvalue weighted by Gasteiger charge is -2.33. The molecule has 0 amide bonds. The van der Waals surface area contributed by atoms with Crippen LogP contribution in [0.15, 0.2) is 135 Å². The molecule has 7 aromatic rings. The summed E-state index contributed by atoms with van der Waals surface area (Å²) in [6, 6.07) is 39.6. The second-order valence-corrected chi connectivity index (χ2v) is 17.5. The summed E-state index contributed by atoms with van der Waals surface area (Å²) in [6.07, 6.45) is 9.99. The van der Waals surface area contributed by atoms with Gasteiger partial charge in [-0.1, -0.05) is 109 Å². The summed E-state index contributed by atoms with van der Waals surface area (Å²) in [6.45, 7) is 13.6. The molecule has 0 saturated heterocycles. The van der Waals surface area contributed by atoms with Gasteiger partial charge in [-0.05, 0) is 123 Å². The van der Waals surface area contributed by atoms with Crippen LogP contribution < -0.4 is 9.80 Å². The van der Waals surface area contributed by atoms with Crippen LogP contribution >= 0.6 is 15.9 Å². The maximum atomic E-state index is 6.25. The second kappa shape index (κ2) is 13.9. The topological polar surface area (TPSA) is 32.8 Å². The predicted molar refractivity (Wildman–Crippen MR) is 226 cm³/mol. The molecule has 0 radical (unpaired) electrons. The van der Waals surface area contributed by atoms with E-state index in [1.165, 1.54) is 48.8 Å². The van der Waals surface area contributed by atoms with Crippen molar-refractivity contribution < 1.29 is 8.83 Å². The molecule has 270 valence electrons. The predicted octanol–water partition coefficient (Wildman–Crippen LogP) is 15.5. The second-order valence-electron chi connectivity index (χ2n) is 16.7. The molecule has 1 fully saturated rings. The summed E-state index contributed by atoms with van der Waals surface area (Å²) in [5, 5.41) is 2.14. The minimum absolute atomic E-state index is 0.0384. The van der Waals surface area contributed by atoms with Gasteiger partial charge in [0, 0.05) is 22.1 Å². The quantitative estimate of drug-likeness (QED) is 0.162. The Morgan fingerprint density at radius 1 is 0.528 bits per heavy atom. The van der Waals surface area contributed by atoms with Gasteiger partial charge in [-0.3, -0.25) is 0 Å². The summed E-state index contributed by atoms with van der Waals surface area (Å²) >= 11 is 4.28. The van der Waals surface area contributed by atoms with Crippen LogP contribution in [0.4, 0.5) is 34.1 Å². The number of benzene rings is 5. The van der Waals surface area contributed by atoms with Gasteiger partial charge in [-0.25, -0.2) is 0 Å². The number of furan rings is 2. The Morgan fingerprint density at radius 2 is 0.943 bits per heavy atom. The van der Waals surface area contributed by atoms with Crippen molar-refractivity contribution in [1.29, 1.82) is 0 Å². The van der Waals surface area contributed by atoms with E-state index in [9.17, 15) is 0 Å². The lowest BCUT2D eigenvalue weighted by molar-refractivity contribution is 0.443. The fraction of sp³-hybridized carbons (Fsp3) is 0.292. The van der Waals surface area contributed by atoms with Crippen molar-refractivity contribution in [3.8, 4) is 0 Å². The number of fused-ring (bicyclic) bond motifs is 2. The van der Waals surface area contributed by atoms with E-state index < -0.39 is 0 Å². The zero-order valence-corrected chi connectivity index (χ0v) is 33.3. The number of hydrogen-bond donors (Lipinski definition) is 0. The van der Waals surface area contributed by atoms with Crippen molar-refractivity contribution in [1.82, 2.24) is 0 Å². The lowest BCUT2D eigenvalue weighted by atomic mass is 9.83. The van der Waals surface area contributed by atoms with Gasteiger partial charge in [0.2, 0.25) is 0 Å². The molecule has 8 rings (SSSR count). The average molecular weight is 766 g/mol. The van der Waals surface area contributed by atoms with Crippen LogP contribution in [0.1, 0.15) is 96.3 Å². The van der Waals surface area contributed by atoms with Gasteiger partial charge in [0.05, 0.1) is 27.2 Å². The highest BCUT2D eigenvalue weighted by molar-refractivity contribution is 9.10. The molecule has 0 atom stereocenters. The molecular weight excluding hydrogens is 716 g/mol. The molecule has 0 N–H and O–H groups in total. The number of anilines is 6. The van der Waals surface area contributed by atoms with Gasteiger partial charge in [-0.2, -0.15) is 0 Å². The highest BCUT2D eigenvalue weighted by Crippen LogP contribution is 2.52. The number of halogens is 1. The Morgan fingerprint density at radius 3 is 1.36 bits per heavy atom. The van der Waals surface area contributed by atoms with Crippen molar-refractivity contribution in [2.75, 3.05) is 9.80 Å². The monoisotopic (exact) mass is 764 g/mol. The highest BCUT2D eigenvalue weighted by atomic mass is 79.9. The third kappa shape index (κ3) is 6.81. The molecule has 1 aliphatic carbocycles. The Balaban J connectivity index is 1.41. The van der Waals surface area contributed by atoms with Crippen molar-refractivity contribution in [2.45, 2.75) is 90.4 Å². The first-order valence-electron chi connectivity index (χ1n) is 19.0. The molecule has 1 aliphatic rings. The summed E-state index contributed by atoms with van der Waals surface area (Å²) in [5.41, 5.74) is 12.1. The molecule has 2 aromatic heterocycles. The van der Waals surface area contributed by atoms with Gasteiger partial charge < -0.3 is 18.6 Å². The van der Waals surface area contributed by atoms with Crippen LogP contribution in [-0.4, -0.2) is 0 Å². The van der Waals surface area contributed by atoms with E-state index in [1.54, 1.807) is 0 Å². The van der Waals surface area contributed by atoms with E-state index in [0.29, 0.717) is 5.92 Å². The van der Waals surface area contributed by atoms with Crippen LogP contribution in [0.2, 0.25) is 0 Å². The van der Waals surface area contributed by atoms with Gasteiger partial charge in [0.1, 0.15) is 23.7 Å². The first kappa shape index (κ1) is 35.3. The van der Waals surface area contributed by atoms with Crippen molar-refractivity contribution >= 4 is 72.0 Å². The third-order valence-corrected chi connectivity index (χ3v) is 11.8. The van der Waals surface area contributed by atoms with Crippen molar-refractivity contribution in [3.63, 3.8) is 0 Å². The Hall–Kier alpha value is -4.74. The number of para-hydroxylation sites is 2. The molecule has 0 spiro atoms.